The topological polar surface area (TPSA) is 65.0 Å². The maximum Gasteiger partial charge on any atom is 0.215 e. The molecule has 0 atom stereocenters. The summed E-state index contributed by atoms with van der Waals surface area (Å²) in [4.78, 5) is 11.7. The van der Waals surface area contributed by atoms with Gasteiger partial charge in [-0.25, -0.2) is 4.98 Å². The van der Waals surface area contributed by atoms with Crippen LogP contribution in [0.1, 0.15) is 5.56 Å². The molecule has 3 heterocycles. The molecule has 0 bridgehead atoms. The molecule has 21 heavy (non-hydrogen) atoms. The van der Waals surface area contributed by atoms with Gasteiger partial charge in [0, 0.05) is 18.3 Å². The highest BCUT2D eigenvalue weighted by atomic mass is 32.1. The lowest BCUT2D eigenvalue weighted by Gasteiger charge is -2.06. The van der Waals surface area contributed by atoms with Gasteiger partial charge < -0.3 is 14.5 Å². The predicted octanol–water partition coefficient (Wildman–Crippen LogP) is 2.55. The summed E-state index contributed by atoms with van der Waals surface area (Å²) in [6, 6.07) is 7.50. The Balaban J connectivity index is 2.06. The summed E-state index contributed by atoms with van der Waals surface area (Å²) in [6.07, 6.45) is 1.71. The number of aromatic nitrogens is 4. The summed E-state index contributed by atoms with van der Waals surface area (Å²) in [6.45, 7) is 0.581. The monoisotopic (exact) mass is 302 g/mol. The molecule has 0 aliphatic rings. The first kappa shape index (κ1) is 13.6. The number of H-pyrrole nitrogens is 1. The zero-order valence-electron chi connectivity index (χ0n) is 11.7. The third-order valence-corrected chi connectivity index (χ3v) is 3.47. The number of imidazole rings is 1. The summed E-state index contributed by atoms with van der Waals surface area (Å²) in [7, 11) is 3.18. The molecule has 3 rings (SSSR count). The van der Waals surface area contributed by atoms with E-state index in [4.69, 9.17) is 21.7 Å². The second kappa shape index (κ2) is 5.53. The van der Waals surface area contributed by atoms with Crippen LogP contribution in [-0.2, 0) is 6.54 Å². The summed E-state index contributed by atoms with van der Waals surface area (Å²) in [5, 5.41) is 0. The van der Waals surface area contributed by atoms with Gasteiger partial charge in [0.05, 0.1) is 26.3 Å². The highest BCUT2D eigenvalue weighted by Crippen LogP contribution is 2.18. The van der Waals surface area contributed by atoms with Crippen molar-refractivity contribution in [1.29, 1.82) is 0 Å². The van der Waals surface area contributed by atoms with Crippen LogP contribution >= 0.6 is 12.2 Å². The number of aromatic amines is 1. The molecule has 3 aromatic rings. The molecule has 6 nitrogen and oxygen atoms in total. The number of pyridine rings is 2. The molecule has 0 saturated carbocycles. The smallest absolute Gasteiger partial charge is 0.215 e. The van der Waals surface area contributed by atoms with Crippen molar-refractivity contribution < 1.29 is 9.47 Å². The predicted molar refractivity (Wildman–Crippen MR) is 81.4 cm³/mol. The Kier molecular flexibility index (Phi) is 3.57. The van der Waals surface area contributed by atoms with E-state index in [1.165, 1.54) is 0 Å². The minimum atomic E-state index is 0.553. The van der Waals surface area contributed by atoms with Crippen molar-refractivity contribution in [3.8, 4) is 11.8 Å². The Morgan fingerprint density at radius 2 is 2.00 bits per heavy atom. The SMILES string of the molecule is COc1cc(Cn2c(=S)[nH]c3ccc(OC)nc32)ccn1. The van der Waals surface area contributed by atoms with Gasteiger partial charge in [0.15, 0.2) is 10.4 Å². The van der Waals surface area contributed by atoms with Crippen LogP contribution in [0.5, 0.6) is 11.8 Å². The van der Waals surface area contributed by atoms with Crippen LogP contribution in [0.3, 0.4) is 0 Å². The van der Waals surface area contributed by atoms with E-state index in [2.05, 4.69) is 15.0 Å². The Labute approximate surface area is 126 Å². The van der Waals surface area contributed by atoms with E-state index in [1.807, 2.05) is 22.8 Å². The van der Waals surface area contributed by atoms with Gasteiger partial charge in [-0.15, -0.1) is 0 Å². The van der Waals surface area contributed by atoms with Crippen molar-refractivity contribution in [2.75, 3.05) is 14.2 Å². The first-order valence-electron chi connectivity index (χ1n) is 6.33. The molecule has 0 spiro atoms. The zero-order valence-corrected chi connectivity index (χ0v) is 12.5. The molecule has 1 N–H and O–H groups in total. The molecule has 0 radical (unpaired) electrons. The van der Waals surface area contributed by atoms with E-state index >= 15 is 0 Å². The molecule has 0 aliphatic carbocycles. The number of ether oxygens (including phenoxy) is 2. The second-order valence-corrected chi connectivity index (χ2v) is 4.83. The lowest BCUT2D eigenvalue weighted by molar-refractivity contribution is 0.397. The summed E-state index contributed by atoms with van der Waals surface area (Å²) >= 11 is 5.37. The Hall–Kier alpha value is -2.41. The van der Waals surface area contributed by atoms with Crippen molar-refractivity contribution in [3.05, 3.63) is 40.8 Å². The minimum absolute atomic E-state index is 0.553. The minimum Gasteiger partial charge on any atom is -0.481 e. The largest absolute Gasteiger partial charge is 0.481 e. The Morgan fingerprint density at radius 1 is 1.19 bits per heavy atom. The van der Waals surface area contributed by atoms with Crippen molar-refractivity contribution in [3.63, 3.8) is 0 Å². The molecular weight excluding hydrogens is 288 g/mol. The lowest BCUT2D eigenvalue weighted by atomic mass is 10.2. The zero-order chi connectivity index (χ0) is 14.8. The van der Waals surface area contributed by atoms with Crippen LogP contribution in [-0.4, -0.2) is 33.7 Å². The first-order valence-corrected chi connectivity index (χ1v) is 6.74. The molecular formula is C14H14N4O2S. The van der Waals surface area contributed by atoms with Crippen molar-refractivity contribution in [2.45, 2.75) is 6.54 Å². The fraction of sp³-hybridized carbons (Fsp3) is 0.214. The van der Waals surface area contributed by atoms with Gasteiger partial charge in [-0.3, -0.25) is 4.57 Å². The van der Waals surface area contributed by atoms with Crippen LogP contribution in [0.4, 0.5) is 0 Å². The third kappa shape index (κ3) is 2.59. The van der Waals surface area contributed by atoms with Gasteiger partial charge in [-0.05, 0) is 29.9 Å². The maximum absolute atomic E-state index is 5.37. The van der Waals surface area contributed by atoms with Gasteiger partial charge in [0.25, 0.3) is 0 Å². The standard InChI is InChI=1S/C14H14N4O2S/c1-19-11-4-3-10-13(17-11)18(14(21)16-10)8-9-5-6-15-12(7-9)20-2/h3-7H,8H2,1-2H3,(H,16,21). The second-order valence-electron chi connectivity index (χ2n) is 4.45. The number of hydrogen-bond donors (Lipinski definition) is 1. The molecule has 0 aromatic carbocycles. The average molecular weight is 302 g/mol. The van der Waals surface area contributed by atoms with Crippen molar-refractivity contribution >= 4 is 23.4 Å². The van der Waals surface area contributed by atoms with E-state index in [1.54, 1.807) is 26.5 Å². The number of nitrogens with one attached hydrogen (secondary N) is 1. The molecule has 0 unspecified atom stereocenters. The summed E-state index contributed by atoms with van der Waals surface area (Å²) in [5.41, 5.74) is 2.67. The van der Waals surface area contributed by atoms with Crippen LogP contribution in [0.15, 0.2) is 30.5 Å². The van der Waals surface area contributed by atoms with E-state index in [0.717, 1.165) is 16.7 Å². The van der Waals surface area contributed by atoms with Gasteiger partial charge in [0.2, 0.25) is 11.8 Å². The number of hydrogen-bond acceptors (Lipinski definition) is 5. The Bertz CT molecular complexity index is 840. The fourth-order valence-electron chi connectivity index (χ4n) is 2.12. The number of rotatable bonds is 4. The van der Waals surface area contributed by atoms with Crippen LogP contribution < -0.4 is 9.47 Å². The van der Waals surface area contributed by atoms with Crippen LogP contribution in [0, 0.1) is 4.77 Å². The summed E-state index contributed by atoms with van der Waals surface area (Å²) in [5.74, 6) is 1.13. The van der Waals surface area contributed by atoms with Gasteiger partial charge in [-0.2, -0.15) is 4.98 Å². The molecule has 0 amide bonds. The third-order valence-electron chi connectivity index (χ3n) is 3.15. The van der Waals surface area contributed by atoms with E-state index in [0.29, 0.717) is 23.1 Å². The normalized spacial score (nSPS) is 10.8. The molecule has 0 saturated heterocycles. The van der Waals surface area contributed by atoms with Crippen LogP contribution in [0.25, 0.3) is 11.2 Å². The number of nitrogens with zero attached hydrogens (tertiary/aromatic N) is 3. The van der Waals surface area contributed by atoms with E-state index in [9.17, 15) is 0 Å². The number of fused-ring (bicyclic) bond motifs is 1. The average Bonchev–Trinajstić information content (AvgIpc) is 2.82. The Morgan fingerprint density at radius 3 is 2.76 bits per heavy atom. The molecule has 7 heteroatoms. The van der Waals surface area contributed by atoms with Gasteiger partial charge in [0.1, 0.15) is 0 Å². The quantitative estimate of drug-likeness (QED) is 0.750. The first-order chi connectivity index (χ1) is 10.2. The van der Waals surface area contributed by atoms with E-state index in [-0.39, 0.29) is 0 Å². The maximum atomic E-state index is 5.37. The van der Waals surface area contributed by atoms with E-state index < -0.39 is 0 Å². The van der Waals surface area contributed by atoms with Gasteiger partial charge >= 0.3 is 0 Å². The van der Waals surface area contributed by atoms with Gasteiger partial charge in [-0.1, -0.05) is 0 Å². The van der Waals surface area contributed by atoms with Crippen molar-refractivity contribution in [1.82, 2.24) is 19.5 Å². The number of methoxy groups -OCH3 is 2. The molecule has 0 fully saturated rings. The van der Waals surface area contributed by atoms with Crippen LogP contribution in [0.2, 0.25) is 0 Å². The fourth-order valence-corrected chi connectivity index (χ4v) is 2.38. The molecule has 0 aliphatic heterocycles. The molecule has 108 valence electrons. The highest BCUT2D eigenvalue weighted by Gasteiger charge is 2.08. The summed E-state index contributed by atoms with van der Waals surface area (Å²) < 4.78 is 12.8. The molecule has 3 aromatic heterocycles. The highest BCUT2D eigenvalue weighted by molar-refractivity contribution is 7.71. The van der Waals surface area contributed by atoms with Crippen molar-refractivity contribution in [2.24, 2.45) is 0 Å². The lowest BCUT2D eigenvalue weighted by Crippen LogP contribution is -2.02.